The average molecular weight is 393 g/mol. The third-order valence-corrected chi connectivity index (χ3v) is 9.71. The zero-order valence-corrected chi connectivity index (χ0v) is 16.7. The molecule has 1 N–H and O–H groups in total. The Morgan fingerprint density at radius 1 is 1.12 bits per heavy atom. The third-order valence-electron chi connectivity index (χ3n) is 6.84. The van der Waals surface area contributed by atoms with Crippen LogP contribution in [0.4, 0.5) is 0 Å². The number of sulfonamides is 2. The van der Waals surface area contributed by atoms with E-state index < -0.39 is 25.5 Å². The first-order valence-corrected chi connectivity index (χ1v) is 12.4. The predicted molar refractivity (Wildman–Crippen MR) is 94.9 cm³/mol. The first-order valence-electron chi connectivity index (χ1n) is 8.86. The summed E-state index contributed by atoms with van der Waals surface area (Å²) in [6.07, 6.45) is 4.15. The van der Waals surface area contributed by atoms with Crippen LogP contribution in [-0.2, 0) is 24.8 Å². The first kappa shape index (κ1) is 19.3. The Balaban J connectivity index is 1.67. The summed E-state index contributed by atoms with van der Waals surface area (Å²) in [5, 5.41) is 0. The molecule has 0 amide bonds. The van der Waals surface area contributed by atoms with E-state index in [0.29, 0.717) is 38.8 Å². The van der Waals surface area contributed by atoms with Crippen molar-refractivity contribution in [1.82, 2.24) is 9.03 Å². The average Bonchev–Trinajstić information content (AvgIpc) is 2.80. The second-order valence-electron chi connectivity index (χ2n) is 8.48. The molecule has 1 saturated heterocycles. The van der Waals surface area contributed by atoms with Gasteiger partial charge in [-0.05, 0) is 37.0 Å². The number of nitrogens with zero attached hydrogens (tertiary/aromatic N) is 1. The monoisotopic (exact) mass is 392 g/mol. The molecular weight excluding hydrogens is 364 g/mol. The number of piperidine rings is 1. The van der Waals surface area contributed by atoms with Gasteiger partial charge in [0.25, 0.3) is 0 Å². The molecule has 2 aliphatic carbocycles. The zero-order valence-electron chi connectivity index (χ0n) is 15.1. The van der Waals surface area contributed by atoms with Crippen LogP contribution in [0.3, 0.4) is 0 Å². The number of ketones is 1. The van der Waals surface area contributed by atoms with Crippen molar-refractivity contribution in [2.75, 3.05) is 25.1 Å². The highest BCUT2D eigenvalue weighted by molar-refractivity contribution is 7.89. The Kier molecular flexibility index (Phi) is 4.62. The van der Waals surface area contributed by atoms with Gasteiger partial charge in [-0.3, -0.25) is 4.79 Å². The maximum absolute atomic E-state index is 12.8. The van der Waals surface area contributed by atoms with E-state index in [9.17, 15) is 21.6 Å². The highest BCUT2D eigenvalue weighted by Gasteiger charge is 2.65. The molecule has 9 heteroatoms. The molecule has 25 heavy (non-hydrogen) atoms. The van der Waals surface area contributed by atoms with Crippen molar-refractivity contribution in [2.24, 2.45) is 16.7 Å². The molecule has 0 aromatic heterocycles. The summed E-state index contributed by atoms with van der Waals surface area (Å²) >= 11 is 0. The van der Waals surface area contributed by atoms with Gasteiger partial charge in [0, 0.05) is 31.0 Å². The van der Waals surface area contributed by atoms with Gasteiger partial charge in [0.15, 0.2) is 0 Å². The van der Waals surface area contributed by atoms with Crippen molar-refractivity contribution in [3.8, 4) is 0 Å². The van der Waals surface area contributed by atoms with Crippen LogP contribution in [0.2, 0.25) is 0 Å². The van der Waals surface area contributed by atoms with E-state index in [0.717, 1.165) is 6.42 Å². The van der Waals surface area contributed by atoms with Crippen LogP contribution in [0.1, 0.15) is 46.0 Å². The van der Waals surface area contributed by atoms with Gasteiger partial charge in [0.1, 0.15) is 5.78 Å². The molecule has 2 unspecified atom stereocenters. The molecule has 0 aromatic rings. The largest absolute Gasteiger partial charge is 0.299 e. The normalized spacial score (nSPS) is 33.9. The topological polar surface area (TPSA) is 101 Å². The summed E-state index contributed by atoms with van der Waals surface area (Å²) in [5.74, 6) is 0.230. The highest BCUT2D eigenvalue weighted by atomic mass is 32.2. The van der Waals surface area contributed by atoms with Crippen LogP contribution in [0.25, 0.3) is 0 Å². The SMILES string of the molecule is CC1(C)C2CCC1(CS(=O)(=O)NC1CCN(S(C)(=O)=O)CC1)C(=O)C2. The lowest BCUT2D eigenvalue weighted by Crippen LogP contribution is -2.50. The molecule has 3 aliphatic rings. The van der Waals surface area contributed by atoms with E-state index in [1.165, 1.54) is 10.6 Å². The Labute approximate surface area is 150 Å². The van der Waals surface area contributed by atoms with E-state index in [2.05, 4.69) is 4.72 Å². The van der Waals surface area contributed by atoms with Crippen molar-refractivity contribution in [3.63, 3.8) is 0 Å². The van der Waals surface area contributed by atoms with Gasteiger partial charge in [-0.15, -0.1) is 0 Å². The number of nitrogens with one attached hydrogen (secondary N) is 1. The summed E-state index contributed by atoms with van der Waals surface area (Å²) in [4.78, 5) is 12.5. The van der Waals surface area contributed by atoms with E-state index in [4.69, 9.17) is 0 Å². The molecule has 2 saturated carbocycles. The lowest BCUT2D eigenvalue weighted by atomic mass is 9.70. The van der Waals surface area contributed by atoms with Crippen molar-refractivity contribution in [2.45, 2.75) is 52.0 Å². The Bertz CT molecular complexity index is 766. The summed E-state index contributed by atoms with van der Waals surface area (Å²) in [6, 6.07) is -0.267. The smallest absolute Gasteiger partial charge is 0.212 e. The second kappa shape index (κ2) is 6.00. The lowest BCUT2D eigenvalue weighted by molar-refractivity contribution is -0.128. The van der Waals surface area contributed by atoms with Crippen molar-refractivity contribution >= 4 is 25.8 Å². The van der Waals surface area contributed by atoms with E-state index >= 15 is 0 Å². The van der Waals surface area contributed by atoms with Gasteiger partial charge in [-0.2, -0.15) is 0 Å². The number of Topliss-reactive ketones (excluding diaryl/α,β-unsaturated/α-hetero) is 1. The number of hydrogen-bond donors (Lipinski definition) is 1. The molecule has 144 valence electrons. The Morgan fingerprint density at radius 2 is 1.72 bits per heavy atom. The van der Waals surface area contributed by atoms with Gasteiger partial charge in [-0.25, -0.2) is 25.9 Å². The molecule has 2 bridgehead atoms. The molecule has 2 atom stereocenters. The summed E-state index contributed by atoms with van der Waals surface area (Å²) < 4.78 is 52.7. The quantitative estimate of drug-likeness (QED) is 0.743. The minimum Gasteiger partial charge on any atom is -0.299 e. The molecule has 1 heterocycles. The number of rotatable bonds is 5. The Hall–Kier alpha value is -0.510. The second-order valence-corrected chi connectivity index (χ2v) is 12.2. The number of fused-ring (bicyclic) bond motifs is 2. The molecule has 3 rings (SSSR count). The molecule has 0 spiro atoms. The number of carbonyl (C=O) groups excluding carboxylic acids is 1. The third kappa shape index (κ3) is 3.28. The van der Waals surface area contributed by atoms with E-state index in [1.807, 2.05) is 13.8 Å². The highest BCUT2D eigenvalue weighted by Crippen LogP contribution is 2.64. The number of hydrogen-bond acceptors (Lipinski definition) is 5. The fourth-order valence-corrected chi connectivity index (χ4v) is 8.06. The molecule has 1 aliphatic heterocycles. The minimum atomic E-state index is -3.60. The maximum atomic E-state index is 12.8. The van der Waals surface area contributed by atoms with Gasteiger partial charge in [0.05, 0.1) is 12.0 Å². The van der Waals surface area contributed by atoms with Gasteiger partial charge in [-0.1, -0.05) is 13.8 Å². The van der Waals surface area contributed by atoms with Crippen LogP contribution in [-0.4, -0.2) is 58.1 Å². The van der Waals surface area contributed by atoms with Crippen molar-refractivity contribution < 1.29 is 21.6 Å². The van der Waals surface area contributed by atoms with Gasteiger partial charge >= 0.3 is 0 Å². The van der Waals surface area contributed by atoms with E-state index in [-0.39, 0.29) is 28.9 Å². The Morgan fingerprint density at radius 3 is 2.16 bits per heavy atom. The maximum Gasteiger partial charge on any atom is 0.212 e. The van der Waals surface area contributed by atoms with Crippen LogP contribution in [0.15, 0.2) is 0 Å². The summed E-state index contributed by atoms with van der Waals surface area (Å²) in [6.45, 7) is 4.69. The summed E-state index contributed by atoms with van der Waals surface area (Å²) in [5.41, 5.74) is -1.05. The summed E-state index contributed by atoms with van der Waals surface area (Å²) in [7, 11) is -6.84. The molecular formula is C16H28N2O5S2. The predicted octanol–water partition coefficient (Wildman–Crippen LogP) is 0.725. The van der Waals surface area contributed by atoms with Crippen LogP contribution in [0.5, 0.6) is 0 Å². The molecule has 7 nitrogen and oxygen atoms in total. The fraction of sp³-hybridized carbons (Fsp3) is 0.938. The van der Waals surface area contributed by atoms with Crippen LogP contribution >= 0.6 is 0 Å². The van der Waals surface area contributed by atoms with E-state index in [1.54, 1.807) is 0 Å². The molecule has 0 aromatic carbocycles. The molecule has 0 radical (unpaired) electrons. The van der Waals surface area contributed by atoms with Gasteiger partial charge in [0.2, 0.25) is 20.0 Å². The van der Waals surface area contributed by atoms with Crippen molar-refractivity contribution in [3.05, 3.63) is 0 Å². The van der Waals surface area contributed by atoms with Crippen LogP contribution in [0, 0.1) is 16.7 Å². The lowest BCUT2D eigenvalue weighted by Gasteiger charge is -2.37. The fourth-order valence-electron chi connectivity index (χ4n) is 5.03. The van der Waals surface area contributed by atoms with Gasteiger partial charge < -0.3 is 0 Å². The zero-order chi connectivity index (χ0) is 18.7. The molecule has 3 fully saturated rings. The number of carbonyl (C=O) groups is 1. The van der Waals surface area contributed by atoms with Crippen LogP contribution < -0.4 is 4.72 Å². The first-order chi connectivity index (χ1) is 11.4. The van der Waals surface area contributed by atoms with Crippen molar-refractivity contribution in [1.29, 1.82) is 0 Å². The standard InChI is InChI=1S/C16H28N2O5S2/c1-15(2)12-4-7-16(15,14(19)10-12)11-25(22,23)17-13-5-8-18(9-6-13)24(3,20)21/h12-13,17H,4-11H2,1-3H3. The minimum absolute atomic E-state index is 0.0889.